The molecule has 0 aromatic heterocycles. The molecule has 0 radical (unpaired) electrons. The largest absolute Gasteiger partial charge is 0.478 e. The van der Waals surface area contributed by atoms with Gasteiger partial charge in [-0.1, -0.05) is 12.2 Å². The van der Waals surface area contributed by atoms with Crippen LogP contribution in [0.25, 0.3) is 6.08 Å². The Hall–Kier alpha value is -1.43. The first kappa shape index (κ1) is 13.6. The summed E-state index contributed by atoms with van der Waals surface area (Å²) in [5.41, 5.74) is -1.18. The van der Waals surface area contributed by atoms with E-state index in [9.17, 15) is 18.0 Å². The molecule has 1 rings (SSSR count). The minimum atomic E-state index is -4.56. The third-order valence-electron chi connectivity index (χ3n) is 1.95. The van der Waals surface area contributed by atoms with Crippen molar-refractivity contribution in [3.8, 4) is 0 Å². The van der Waals surface area contributed by atoms with E-state index >= 15 is 0 Å². The number of alkyl halides is 3. The zero-order valence-electron chi connectivity index (χ0n) is 8.53. The molecular formula is C11H9F3O2S. The van der Waals surface area contributed by atoms with Crippen molar-refractivity contribution < 1.29 is 23.1 Å². The molecule has 1 aromatic carbocycles. The summed E-state index contributed by atoms with van der Waals surface area (Å²) in [5, 5.41) is 8.72. The van der Waals surface area contributed by atoms with Crippen molar-refractivity contribution in [1.82, 2.24) is 0 Å². The number of benzene rings is 1. The van der Waals surface area contributed by atoms with E-state index in [1.165, 1.54) is 18.2 Å². The van der Waals surface area contributed by atoms with Gasteiger partial charge in [-0.2, -0.15) is 25.8 Å². The fraction of sp³-hybridized carbons (Fsp3) is 0.182. The Bertz CT molecular complexity index is 453. The van der Waals surface area contributed by atoms with Crippen molar-refractivity contribution in [2.24, 2.45) is 0 Å². The fourth-order valence-corrected chi connectivity index (χ4v) is 1.33. The third kappa shape index (κ3) is 3.81. The molecule has 0 spiro atoms. The molecular weight excluding hydrogens is 253 g/mol. The van der Waals surface area contributed by atoms with Gasteiger partial charge in [-0.25, -0.2) is 4.79 Å². The second-order valence-electron chi connectivity index (χ2n) is 3.23. The number of hydrogen-bond donors (Lipinski definition) is 2. The number of halogens is 3. The van der Waals surface area contributed by atoms with Gasteiger partial charge in [0.2, 0.25) is 0 Å². The molecule has 0 aliphatic carbocycles. The second kappa shape index (κ2) is 5.27. The SMILES string of the molecule is O=C(O)c1cc(C=CCS)cc(C(F)(F)F)c1. The summed E-state index contributed by atoms with van der Waals surface area (Å²) in [6.07, 6.45) is -1.63. The van der Waals surface area contributed by atoms with Gasteiger partial charge in [0.25, 0.3) is 0 Å². The number of carboxylic acid groups (broad SMARTS) is 1. The van der Waals surface area contributed by atoms with E-state index < -0.39 is 23.3 Å². The molecule has 1 aromatic rings. The lowest BCUT2D eigenvalue weighted by Crippen LogP contribution is -2.08. The molecule has 6 heteroatoms. The van der Waals surface area contributed by atoms with E-state index in [4.69, 9.17) is 5.11 Å². The quantitative estimate of drug-likeness (QED) is 0.820. The van der Waals surface area contributed by atoms with Gasteiger partial charge in [0.05, 0.1) is 11.1 Å². The Morgan fingerprint density at radius 1 is 1.35 bits per heavy atom. The Balaban J connectivity index is 3.29. The average Bonchev–Trinajstić information content (AvgIpc) is 2.24. The monoisotopic (exact) mass is 262 g/mol. The van der Waals surface area contributed by atoms with Crippen molar-refractivity contribution >= 4 is 24.7 Å². The maximum atomic E-state index is 12.5. The Morgan fingerprint density at radius 2 is 2.00 bits per heavy atom. The predicted octanol–water partition coefficient (Wildman–Crippen LogP) is 3.35. The lowest BCUT2D eigenvalue weighted by Gasteiger charge is -2.08. The van der Waals surface area contributed by atoms with Crippen LogP contribution < -0.4 is 0 Å². The molecule has 0 atom stereocenters. The van der Waals surface area contributed by atoms with Crippen molar-refractivity contribution in [3.05, 3.63) is 41.0 Å². The molecule has 0 bridgehead atoms. The van der Waals surface area contributed by atoms with Crippen LogP contribution in [0.3, 0.4) is 0 Å². The molecule has 17 heavy (non-hydrogen) atoms. The van der Waals surface area contributed by atoms with Crippen LogP contribution in [-0.2, 0) is 6.18 Å². The first-order valence-corrected chi connectivity index (χ1v) is 5.21. The summed E-state index contributed by atoms with van der Waals surface area (Å²) in [5.74, 6) is -1.03. The standard InChI is InChI=1S/C11H9F3O2S/c12-11(13,14)9-5-7(2-1-3-17)4-8(6-9)10(15)16/h1-2,4-6,17H,3H2,(H,15,16). The molecule has 2 nitrogen and oxygen atoms in total. The minimum absolute atomic E-state index is 0.186. The zero-order chi connectivity index (χ0) is 13.1. The first-order valence-electron chi connectivity index (χ1n) is 4.57. The van der Waals surface area contributed by atoms with Crippen LogP contribution in [0.15, 0.2) is 24.3 Å². The topological polar surface area (TPSA) is 37.3 Å². The average molecular weight is 262 g/mol. The van der Waals surface area contributed by atoms with Crippen LogP contribution in [0.2, 0.25) is 0 Å². The van der Waals surface area contributed by atoms with E-state index in [2.05, 4.69) is 12.6 Å². The summed E-state index contributed by atoms with van der Waals surface area (Å²) in [6.45, 7) is 0. The van der Waals surface area contributed by atoms with Crippen LogP contribution >= 0.6 is 12.6 Å². The number of hydrogen-bond acceptors (Lipinski definition) is 2. The molecule has 0 fully saturated rings. The van der Waals surface area contributed by atoms with E-state index in [-0.39, 0.29) is 5.56 Å². The van der Waals surface area contributed by atoms with Crippen molar-refractivity contribution in [3.63, 3.8) is 0 Å². The first-order chi connectivity index (χ1) is 7.84. The fourth-order valence-electron chi connectivity index (χ4n) is 1.22. The van der Waals surface area contributed by atoms with Gasteiger partial charge < -0.3 is 5.11 Å². The second-order valence-corrected chi connectivity index (χ2v) is 3.60. The lowest BCUT2D eigenvalue weighted by molar-refractivity contribution is -0.137. The molecule has 92 valence electrons. The van der Waals surface area contributed by atoms with Crippen molar-refractivity contribution in [2.75, 3.05) is 5.75 Å². The third-order valence-corrected chi connectivity index (χ3v) is 2.16. The maximum Gasteiger partial charge on any atom is 0.416 e. The van der Waals surface area contributed by atoms with E-state index in [0.717, 1.165) is 6.07 Å². The predicted molar refractivity (Wildman–Crippen MR) is 61.3 cm³/mol. The smallest absolute Gasteiger partial charge is 0.416 e. The zero-order valence-corrected chi connectivity index (χ0v) is 9.42. The minimum Gasteiger partial charge on any atom is -0.478 e. The number of rotatable bonds is 3. The summed E-state index contributed by atoms with van der Waals surface area (Å²) in [7, 11) is 0. The van der Waals surface area contributed by atoms with Crippen LogP contribution in [-0.4, -0.2) is 16.8 Å². The summed E-state index contributed by atoms with van der Waals surface area (Å²) in [4.78, 5) is 10.7. The summed E-state index contributed by atoms with van der Waals surface area (Å²) >= 11 is 3.87. The highest BCUT2D eigenvalue weighted by Gasteiger charge is 2.31. The van der Waals surface area contributed by atoms with Gasteiger partial charge in [0.15, 0.2) is 0 Å². The molecule has 0 amide bonds. The molecule has 0 saturated carbocycles. The highest BCUT2D eigenvalue weighted by Crippen LogP contribution is 2.31. The Morgan fingerprint density at radius 3 is 2.47 bits per heavy atom. The summed E-state index contributed by atoms with van der Waals surface area (Å²) in [6, 6.07) is 2.68. The van der Waals surface area contributed by atoms with Gasteiger partial charge in [0, 0.05) is 5.75 Å². The van der Waals surface area contributed by atoms with Gasteiger partial charge in [-0.15, -0.1) is 0 Å². The van der Waals surface area contributed by atoms with Crippen LogP contribution in [0.4, 0.5) is 13.2 Å². The van der Waals surface area contributed by atoms with Crippen LogP contribution in [0.1, 0.15) is 21.5 Å². The van der Waals surface area contributed by atoms with Gasteiger partial charge in [-0.05, 0) is 23.8 Å². The van der Waals surface area contributed by atoms with Crippen LogP contribution in [0, 0.1) is 0 Å². The molecule has 0 aliphatic rings. The summed E-state index contributed by atoms with van der Waals surface area (Å²) < 4.78 is 37.5. The Kier molecular flexibility index (Phi) is 4.22. The van der Waals surface area contributed by atoms with Gasteiger partial charge in [0.1, 0.15) is 0 Å². The Labute approximate surface area is 101 Å². The molecule has 0 heterocycles. The molecule has 0 saturated heterocycles. The van der Waals surface area contributed by atoms with Gasteiger partial charge in [-0.3, -0.25) is 0 Å². The number of thiol groups is 1. The van der Waals surface area contributed by atoms with Crippen LogP contribution in [0.5, 0.6) is 0 Å². The van der Waals surface area contributed by atoms with Crippen molar-refractivity contribution in [1.29, 1.82) is 0 Å². The highest BCUT2D eigenvalue weighted by molar-refractivity contribution is 7.80. The molecule has 1 N–H and O–H groups in total. The number of carbonyl (C=O) groups is 1. The molecule has 0 aliphatic heterocycles. The van der Waals surface area contributed by atoms with E-state index in [1.807, 2.05) is 0 Å². The highest BCUT2D eigenvalue weighted by atomic mass is 32.1. The number of aromatic carboxylic acids is 1. The lowest BCUT2D eigenvalue weighted by atomic mass is 10.0. The normalized spacial score (nSPS) is 12.0. The maximum absolute atomic E-state index is 12.5. The van der Waals surface area contributed by atoms with Crippen molar-refractivity contribution in [2.45, 2.75) is 6.18 Å². The molecule has 0 unspecified atom stereocenters. The number of carboxylic acids is 1. The van der Waals surface area contributed by atoms with E-state index in [1.54, 1.807) is 0 Å². The van der Waals surface area contributed by atoms with E-state index in [0.29, 0.717) is 11.8 Å². The van der Waals surface area contributed by atoms with Gasteiger partial charge >= 0.3 is 12.1 Å².